The first-order valence-corrected chi connectivity index (χ1v) is 7.24. The number of fused-ring (bicyclic) bond motifs is 1. The summed E-state index contributed by atoms with van der Waals surface area (Å²) >= 11 is 0. The second kappa shape index (κ2) is 6.22. The lowest BCUT2D eigenvalue weighted by Crippen LogP contribution is -2.26. The molecular formula is C17H18FNO2. The molecule has 0 saturated carbocycles. The summed E-state index contributed by atoms with van der Waals surface area (Å²) in [5.41, 5.74) is 0.567. The summed E-state index contributed by atoms with van der Waals surface area (Å²) in [4.78, 5) is 14.2. The van der Waals surface area contributed by atoms with Gasteiger partial charge in [-0.05, 0) is 29.3 Å². The van der Waals surface area contributed by atoms with Gasteiger partial charge in [-0.1, -0.05) is 30.3 Å². The van der Waals surface area contributed by atoms with Crippen LogP contribution in [-0.4, -0.2) is 43.3 Å². The summed E-state index contributed by atoms with van der Waals surface area (Å²) in [5.74, 6) is -0.298. The lowest BCUT2D eigenvalue weighted by Gasteiger charge is -2.14. The molecule has 1 aliphatic rings. The molecule has 0 aliphatic carbocycles. The number of rotatable bonds is 4. The minimum absolute atomic E-state index is 0.129. The van der Waals surface area contributed by atoms with Crippen molar-refractivity contribution in [2.45, 2.75) is 12.5 Å². The van der Waals surface area contributed by atoms with Gasteiger partial charge in [0.1, 0.15) is 12.8 Å². The van der Waals surface area contributed by atoms with Crippen molar-refractivity contribution in [1.29, 1.82) is 0 Å². The first-order chi connectivity index (χ1) is 10.3. The zero-order chi connectivity index (χ0) is 14.7. The quantitative estimate of drug-likeness (QED) is 0.810. The molecule has 0 N–H and O–H groups in total. The lowest BCUT2D eigenvalue weighted by atomic mass is 10.1. The van der Waals surface area contributed by atoms with Crippen molar-refractivity contribution >= 4 is 16.7 Å². The highest BCUT2D eigenvalue weighted by atomic mass is 19.1. The molecule has 1 heterocycles. The van der Waals surface area contributed by atoms with Gasteiger partial charge in [-0.2, -0.15) is 0 Å². The minimum Gasteiger partial charge on any atom is -0.457 e. The lowest BCUT2D eigenvalue weighted by molar-refractivity contribution is 0.0321. The van der Waals surface area contributed by atoms with E-state index in [4.69, 9.17) is 4.74 Å². The molecule has 0 bridgehead atoms. The fourth-order valence-electron chi connectivity index (χ4n) is 2.75. The Labute approximate surface area is 123 Å². The van der Waals surface area contributed by atoms with Gasteiger partial charge in [0.15, 0.2) is 0 Å². The van der Waals surface area contributed by atoms with Crippen LogP contribution in [-0.2, 0) is 4.74 Å². The summed E-state index contributed by atoms with van der Waals surface area (Å²) in [6, 6.07) is 13.5. The van der Waals surface area contributed by atoms with E-state index >= 15 is 0 Å². The molecule has 1 atom stereocenters. The zero-order valence-corrected chi connectivity index (χ0v) is 11.8. The Kier molecular flexibility index (Phi) is 4.15. The molecule has 0 unspecified atom stereocenters. The molecule has 2 aromatic carbocycles. The molecule has 0 amide bonds. The van der Waals surface area contributed by atoms with Crippen molar-refractivity contribution in [2.24, 2.45) is 0 Å². The number of halogens is 1. The maximum atomic E-state index is 12.3. The van der Waals surface area contributed by atoms with Crippen LogP contribution < -0.4 is 0 Å². The molecule has 4 heteroatoms. The number of alkyl halides is 1. The molecule has 3 nitrogen and oxygen atoms in total. The van der Waals surface area contributed by atoms with Crippen LogP contribution >= 0.6 is 0 Å². The van der Waals surface area contributed by atoms with E-state index in [1.165, 1.54) is 0 Å². The molecule has 2 aromatic rings. The third kappa shape index (κ3) is 3.22. The van der Waals surface area contributed by atoms with E-state index in [2.05, 4.69) is 0 Å². The summed E-state index contributed by atoms with van der Waals surface area (Å²) in [6.07, 6.45) is 0.648. The number of hydrogen-bond donors (Lipinski definition) is 0. The predicted molar refractivity (Wildman–Crippen MR) is 80.2 cm³/mol. The topological polar surface area (TPSA) is 29.5 Å². The third-order valence-corrected chi connectivity index (χ3v) is 3.89. The van der Waals surface area contributed by atoms with Gasteiger partial charge in [0.25, 0.3) is 0 Å². The van der Waals surface area contributed by atoms with Gasteiger partial charge in [0.05, 0.1) is 5.56 Å². The fourth-order valence-corrected chi connectivity index (χ4v) is 2.75. The molecule has 0 radical (unpaired) electrons. The van der Waals surface area contributed by atoms with Crippen LogP contribution in [0.15, 0.2) is 42.5 Å². The minimum atomic E-state index is -0.356. The highest BCUT2D eigenvalue weighted by Gasteiger charge is 2.25. The highest BCUT2D eigenvalue weighted by molar-refractivity contribution is 5.95. The summed E-state index contributed by atoms with van der Waals surface area (Å²) in [5, 5.41) is 2.13. The molecule has 110 valence electrons. The largest absolute Gasteiger partial charge is 0.457 e. The average Bonchev–Trinajstić information content (AvgIpc) is 2.94. The Morgan fingerprint density at radius 1 is 1.24 bits per heavy atom. The predicted octanol–water partition coefficient (Wildman–Crippen LogP) is 3.04. The van der Waals surface area contributed by atoms with Gasteiger partial charge < -0.3 is 4.74 Å². The molecule has 1 fully saturated rings. The number of carbonyl (C=O) groups excluding carboxylic acids is 1. The van der Waals surface area contributed by atoms with Crippen LogP contribution in [0.1, 0.15) is 16.8 Å². The summed E-state index contributed by atoms with van der Waals surface area (Å²) < 4.78 is 17.8. The van der Waals surface area contributed by atoms with Gasteiger partial charge in [-0.3, -0.25) is 4.90 Å². The van der Waals surface area contributed by atoms with E-state index in [9.17, 15) is 9.18 Å². The molecule has 21 heavy (non-hydrogen) atoms. The zero-order valence-electron chi connectivity index (χ0n) is 11.8. The highest BCUT2D eigenvalue weighted by Crippen LogP contribution is 2.18. The molecular weight excluding hydrogens is 269 g/mol. The van der Waals surface area contributed by atoms with E-state index in [1.807, 2.05) is 41.3 Å². The van der Waals surface area contributed by atoms with Gasteiger partial charge in [-0.25, -0.2) is 9.18 Å². The van der Waals surface area contributed by atoms with Crippen LogP contribution in [0.3, 0.4) is 0 Å². The van der Waals surface area contributed by atoms with Crippen molar-refractivity contribution in [3.05, 3.63) is 48.0 Å². The normalized spacial score (nSPS) is 19.0. The number of hydrogen-bond acceptors (Lipinski definition) is 3. The van der Waals surface area contributed by atoms with Gasteiger partial charge in [0, 0.05) is 19.6 Å². The molecule has 0 aromatic heterocycles. The molecule has 3 rings (SSSR count). The van der Waals surface area contributed by atoms with Gasteiger partial charge in [-0.15, -0.1) is 0 Å². The van der Waals surface area contributed by atoms with E-state index in [1.54, 1.807) is 6.07 Å². The van der Waals surface area contributed by atoms with Crippen molar-refractivity contribution < 1.29 is 13.9 Å². The van der Waals surface area contributed by atoms with Crippen LogP contribution in [0.2, 0.25) is 0 Å². The number of benzene rings is 2. The Balaban J connectivity index is 1.67. The average molecular weight is 287 g/mol. The number of likely N-dealkylation sites (tertiary alicyclic amines) is 1. The fraction of sp³-hybridized carbons (Fsp3) is 0.353. The third-order valence-electron chi connectivity index (χ3n) is 3.89. The number of ether oxygens (including phenoxy) is 1. The summed E-state index contributed by atoms with van der Waals surface area (Å²) in [6.45, 7) is 1.48. The van der Waals surface area contributed by atoms with Crippen molar-refractivity contribution in [2.75, 3.05) is 26.3 Å². The van der Waals surface area contributed by atoms with Crippen LogP contribution in [0, 0.1) is 0 Å². The van der Waals surface area contributed by atoms with E-state index in [0.717, 1.165) is 23.7 Å². The van der Waals surface area contributed by atoms with E-state index < -0.39 is 0 Å². The van der Waals surface area contributed by atoms with Crippen LogP contribution in [0.5, 0.6) is 0 Å². The number of esters is 1. The van der Waals surface area contributed by atoms with Crippen LogP contribution in [0.25, 0.3) is 10.8 Å². The smallest absolute Gasteiger partial charge is 0.338 e. The first-order valence-electron chi connectivity index (χ1n) is 7.24. The maximum absolute atomic E-state index is 12.3. The van der Waals surface area contributed by atoms with Crippen molar-refractivity contribution in [1.82, 2.24) is 4.90 Å². The molecule has 1 saturated heterocycles. The monoisotopic (exact) mass is 287 g/mol. The van der Waals surface area contributed by atoms with Crippen molar-refractivity contribution in [3.8, 4) is 0 Å². The second-order valence-corrected chi connectivity index (χ2v) is 5.37. The number of nitrogens with zero attached hydrogens (tertiary/aromatic N) is 1. The number of carbonyl (C=O) groups is 1. The second-order valence-electron chi connectivity index (χ2n) is 5.37. The van der Waals surface area contributed by atoms with Gasteiger partial charge >= 0.3 is 5.97 Å². The van der Waals surface area contributed by atoms with Crippen molar-refractivity contribution in [3.63, 3.8) is 0 Å². The Hall–Kier alpha value is -1.94. The Morgan fingerprint density at radius 2 is 2.05 bits per heavy atom. The standard InChI is InChI=1S/C17H18FNO2/c18-8-10-19-9-7-16(12-19)21-17(20)15-6-5-13-3-1-2-4-14(13)11-15/h1-6,11,16H,7-10,12H2/t16-/m0/s1. The van der Waals surface area contributed by atoms with E-state index in [0.29, 0.717) is 18.7 Å². The van der Waals surface area contributed by atoms with Crippen LogP contribution in [0.4, 0.5) is 4.39 Å². The maximum Gasteiger partial charge on any atom is 0.338 e. The first kappa shape index (κ1) is 14.0. The molecule has 1 aliphatic heterocycles. The van der Waals surface area contributed by atoms with Gasteiger partial charge in [0.2, 0.25) is 0 Å². The summed E-state index contributed by atoms with van der Waals surface area (Å²) in [7, 11) is 0. The Morgan fingerprint density at radius 3 is 2.86 bits per heavy atom. The Bertz CT molecular complexity index is 643. The SMILES string of the molecule is O=C(O[C@H]1CCN(CCF)C1)c1ccc2ccccc2c1. The van der Waals surface area contributed by atoms with E-state index in [-0.39, 0.29) is 18.7 Å². The molecule has 0 spiro atoms.